The molecule has 0 radical (unpaired) electrons. The summed E-state index contributed by atoms with van der Waals surface area (Å²) in [5, 5.41) is 5.49. The van der Waals surface area contributed by atoms with Gasteiger partial charge in [-0.3, -0.25) is 28.8 Å². The Bertz CT molecular complexity index is 2000. The second kappa shape index (κ2) is 13.3. The molecule has 10 nitrogen and oxygen atoms in total. The maximum Gasteiger partial charge on any atom is 0.245 e. The predicted molar refractivity (Wildman–Crippen MR) is 189 cm³/mol. The van der Waals surface area contributed by atoms with Gasteiger partial charge in [0.1, 0.15) is 23.8 Å². The average Bonchev–Trinajstić information content (AvgIpc) is 3.50. The monoisotopic (exact) mass is 674 g/mol. The van der Waals surface area contributed by atoms with E-state index in [0.717, 1.165) is 47.2 Å². The normalized spacial score (nSPS) is 25.7. The molecule has 2 unspecified atom stereocenters. The van der Waals surface area contributed by atoms with E-state index in [1.807, 2.05) is 38.1 Å². The summed E-state index contributed by atoms with van der Waals surface area (Å²) < 4.78 is 1.70. The molecule has 50 heavy (non-hydrogen) atoms. The molecular weight excluding hydrogens is 628 g/mol. The van der Waals surface area contributed by atoms with Gasteiger partial charge in [-0.25, -0.2) is 9.97 Å². The van der Waals surface area contributed by atoms with E-state index in [1.165, 1.54) is 6.92 Å². The van der Waals surface area contributed by atoms with Crippen molar-refractivity contribution >= 4 is 34.2 Å². The number of nitrogens with zero attached hydrogens (tertiary/aromatic N) is 6. The first kappa shape index (κ1) is 33.9. The number of benzene rings is 1. The SMILES string of the molecule is CC(=O)c1nn2c3c(cc(-c4cnc(C)nc4)cc13)CCC(C)C(C)CCC(=O)CC[C@@]13C[C@@H](C(=O)Cc4cccc(C)n4)N(C(=O)C2)[C@@H]1C3. The van der Waals surface area contributed by atoms with Crippen molar-refractivity contribution in [2.45, 2.75) is 111 Å². The molecular formula is C40H46N6O4. The summed E-state index contributed by atoms with van der Waals surface area (Å²) in [6.07, 6.45) is 9.16. The Labute approximate surface area is 293 Å². The van der Waals surface area contributed by atoms with Crippen LogP contribution in [0, 0.1) is 31.1 Å². The lowest BCUT2D eigenvalue weighted by Crippen LogP contribution is -2.45. The number of Topliss-reactive ketones (excluding diaryl/α,β-unsaturated/α-hetero) is 3. The number of hydrogen-bond donors (Lipinski definition) is 0. The Hall–Kier alpha value is -4.60. The van der Waals surface area contributed by atoms with Crippen molar-refractivity contribution in [2.75, 3.05) is 0 Å². The number of pyridine rings is 1. The van der Waals surface area contributed by atoms with Crippen LogP contribution in [-0.2, 0) is 33.8 Å². The van der Waals surface area contributed by atoms with Gasteiger partial charge in [0.05, 0.1) is 18.0 Å². The van der Waals surface area contributed by atoms with Gasteiger partial charge < -0.3 is 4.90 Å². The molecule has 7 rings (SSSR count). The first-order valence-corrected chi connectivity index (χ1v) is 18.0. The highest BCUT2D eigenvalue weighted by Crippen LogP contribution is 2.62. The van der Waals surface area contributed by atoms with Crippen LogP contribution >= 0.6 is 0 Å². The number of amides is 1. The second-order valence-electron chi connectivity index (χ2n) is 15.2. The molecule has 5 heterocycles. The summed E-state index contributed by atoms with van der Waals surface area (Å²) in [5.74, 6) is 1.23. The van der Waals surface area contributed by atoms with Gasteiger partial charge in [0.2, 0.25) is 5.91 Å². The number of carbonyl (C=O) groups is 4. The lowest BCUT2D eigenvalue weighted by molar-refractivity contribution is -0.139. The van der Waals surface area contributed by atoms with Gasteiger partial charge in [-0.1, -0.05) is 19.9 Å². The first-order valence-electron chi connectivity index (χ1n) is 18.0. The standard InChI is InChI=1S/C40H46N6O4/c1-23-9-11-28-15-29(30-20-41-27(5)42-21-30)16-33-38(26(4)47)44-45(39(28)33)22-37(50)46-34(35(49)17-31-8-6-7-25(3)43-31)18-40(19-36(40)46)14-13-32(48)12-10-24(23)2/h6-8,15-16,20-21,23-24,34,36H,9-14,17-19,22H2,1-5H3/t23?,24?,34-,36+,40-/m0/s1. The van der Waals surface area contributed by atoms with Crippen LogP contribution in [0.2, 0.25) is 0 Å². The molecule has 2 fully saturated rings. The lowest BCUT2D eigenvalue weighted by atomic mass is 9.85. The number of ketones is 3. The van der Waals surface area contributed by atoms with E-state index in [4.69, 9.17) is 5.10 Å². The van der Waals surface area contributed by atoms with E-state index >= 15 is 0 Å². The molecule has 3 aromatic heterocycles. The predicted octanol–water partition coefficient (Wildman–Crippen LogP) is 6.23. The molecule has 260 valence electrons. The minimum Gasteiger partial charge on any atom is -0.327 e. The van der Waals surface area contributed by atoms with E-state index < -0.39 is 6.04 Å². The summed E-state index contributed by atoms with van der Waals surface area (Å²) in [5.41, 5.74) is 5.10. The smallest absolute Gasteiger partial charge is 0.245 e. The van der Waals surface area contributed by atoms with Crippen molar-refractivity contribution in [1.29, 1.82) is 0 Å². The van der Waals surface area contributed by atoms with Gasteiger partial charge in [0.15, 0.2) is 11.6 Å². The summed E-state index contributed by atoms with van der Waals surface area (Å²) in [4.78, 5) is 69.9. The van der Waals surface area contributed by atoms with Crippen molar-refractivity contribution in [1.82, 2.24) is 29.6 Å². The van der Waals surface area contributed by atoms with Crippen LogP contribution in [0.5, 0.6) is 0 Å². The third-order valence-corrected chi connectivity index (χ3v) is 11.7. The Morgan fingerprint density at radius 2 is 1.68 bits per heavy atom. The van der Waals surface area contributed by atoms with E-state index in [9.17, 15) is 19.2 Å². The summed E-state index contributed by atoms with van der Waals surface area (Å²) in [6, 6.07) is 9.02. The van der Waals surface area contributed by atoms with Gasteiger partial charge in [-0.05, 0) is 105 Å². The lowest BCUT2D eigenvalue weighted by Gasteiger charge is -2.27. The maximum absolute atomic E-state index is 14.5. The third-order valence-electron chi connectivity index (χ3n) is 11.7. The number of piperidine rings is 1. The minimum atomic E-state index is -0.597. The van der Waals surface area contributed by atoms with Gasteiger partial charge >= 0.3 is 0 Å². The van der Waals surface area contributed by atoms with Crippen LogP contribution in [-0.4, -0.2) is 65.0 Å². The maximum atomic E-state index is 14.5. The Balaban J connectivity index is 1.31. The van der Waals surface area contributed by atoms with E-state index in [0.29, 0.717) is 66.5 Å². The molecule has 1 aliphatic carbocycles. The van der Waals surface area contributed by atoms with Crippen LogP contribution < -0.4 is 0 Å². The summed E-state index contributed by atoms with van der Waals surface area (Å²) in [7, 11) is 0. The fourth-order valence-electron chi connectivity index (χ4n) is 8.36. The number of aromatic nitrogens is 5. The molecule has 1 aromatic carbocycles. The number of rotatable bonds is 5. The minimum absolute atomic E-state index is 0.0352. The number of hydrogen-bond acceptors (Lipinski definition) is 8. The molecule has 2 bridgehead atoms. The molecule has 10 heteroatoms. The van der Waals surface area contributed by atoms with Crippen molar-refractivity contribution in [2.24, 2.45) is 17.3 Å². The molecule has 4 aromatic rings. The second-order valence-corrected chi connectivity index (χ2v) is 15.2. The third kappa shape index (κ3) is 6.52. The molecule has 0 spiro atoms. The largest absolute Gasteiger partial charge is 0.327 e. The molecule has 2 aliphatic heterocycles. The fourth-order valence-corrected chi connectivity index (χ4v) is 8.36. The van der Waals surface area contributed by atoms with Crippen LogP contribution in [0.1, 0.15) is 99.0 Å². The summed E-state index contributed by atoms with van der Waals surface area (Å²) in [6.45, 7) is 9.62. The zero-order chi connectivity index (χ0) is 35.3. The Kier molecular flexibility index (Phi) is 8.99. The van der Waals surface area contributed by atoms with Crippen LogP contribution in [0.15, 0.2) is 42.7 Å². The van der Waals surface area contributed by atoms with Gasteiger partial charge in [-0.2, -0.15) is 5.10 Å². The van der Waals surface area contributed by atoms with E-state index in [2.05, 4.69) is 34.9 Å². The first-order chi connectivity index (χ1) is 23.9. The van der Waals surface area contributed by atoms with Crippen molar-refractivity contribution in [3.8, 4) is 11.1 Å². The quantitative estimate of drug-likeness (QED) is 0.228. The van der Waals surface area contributed by atoms with E-state index in [1.54, 1.807) is 22.0 Å². The topological polar surface area (TPSA) is 128 Å². The van der Waals surface area contributed by atoms with Crippen LogP contribution in [0.25, 0.3) is 22.0 Å². The zero-order valence-electron chi connectivity index (χ0n) is 29.7. The number of carbonyl (C=O) groups excluding carboxylic acids is 4. The Morgan fingerprint density at radius 1 is 0.940 bits per heavy atom. The highest BCUT2D eigenvalue weighted by atomic mass is 16.2. The van der Waals surface area contributed by atoms with Crippen molar-refractivity contribution < 1.29 is 19.2 Å². The Morgan fingerprint density at radius 3 is 2.40 bits per heavy atom. The molecule has 5 atom stereocenters. The van der Waals surface area contributed by atoms with Gasteiger partial charge in [0.25, 0.3) is 0 Å². The molecule has 3 aliphatic rings. The average molecular weight is 675 g/mol. The van der Waals surface area contributed by atoms with Crippen molar-refractivity contribution in [3.05, 3.63) is 71.2 Å². The van der Waals surface area contributed by atoms with E-state index in [-0.39, 0.29) is 47.7 Å². The highest BCUT2D eigenvalue weighted by molar-refractivity contribution is 6.07. The number of aryl methyl sites for hydroxylation is 3. The molecule has 0 N–H and O–H groups in total. The fraction of sp³-hybridized carbons (Fsp3) is 0.500. The molecule has 1 saturated carbocycles. The molecule has 1 saturated heterocycles. The van der Waals surface area contributed by atoms with Crippen LogP contribution in [0.3, 0.4) is 0 Å². The van der Waals surface area contributed by atoms with Crippen molar-refractivity contribution in [3.63, 3.8) is 0 Å². The highest BCUT2D eigenvalue weighted by Gasteiger charge is 2.66. The molecule has 1 amide bonds. The van der Waals surface area contributed by atoms with Crippen LogP contribution in [0.4, 0.5) is 0 Å². The zero-order valence-corrected chi connectivity index (χ0v) is 29.7. The summed E-state index contributed by atoms with van der Waals surface area (Å²) >= 11 is 0. The van der Waals surface area contributed by atoms with Gasteiger partial charge in [0, 0.05) is 60.5 Å². The van der Waals surface area contributed by atoms with Gasteiger partial charge in [-0.15, -0.1) is 0 Å².